The molecule has 0 radical (unpaired) electrons. The Balaban J connectivity index is 1.49. The monoisotopic (exact) mass is 349 g/mol. The molecule has 8 heteroatoms. The van der Waals surface area contributed by atoms with Gasteiger partial charge in [-0.15, -0.1) is 0 Å². The molecule has 0 saturated carbocycles. The van der Waals surface area contributed by atoms with Gasteiger partial charge in [-0.05, 0) is 24.3 Å². The molecule has 0 bridgehead atoms. The first-order valence-electron chi connectivity index (χ1n) is 7.62. The lowest BCUT2D eigenvalue weighted by atomic mass is 10.3. The van der Waals surface area contributed by atoms with Gasteiger partial charge < -0.3 is 15.1 Å². The van der Waals surface area contributed by atoms with Gasteiger partial charge in [0, 0.05) is 44.3 Å². The number of piperazine rings is 1. The molecule has 1 N–H and O–H groups in total. The van der Waals surface area contributed by atoms with Gasteiger partial charge in [0.1, 0.15) is 5.82 Å². The van der Waals surface area contributed by atoms with Gasteiger partial charge in [0.05, 0.1) is 11.6 Å². The summed E-state index contributed by atoms with van der Waals surface area (Å²) >= 11 is 5.72. The van der Waals surface area contributed by atoms with E-state index in [4.69, 9.17) is 11.6 Å². The Morgan fingerprint density at radius 3 is 2.58 bits per heavy atom. The second-order valence-electron chi connectivity index (χ2n) is 5.40. The van der Waals surface area contributed by atoms with Crippen molar-refractivity contribution in [2.75, 3.05) is 42.9 Å². The number of anilines is 2. The van der Waals surface area contributed by atoms with Gasteiger partial charge in [-0.3, -0.25) is 4.79 Å². The fourth-order valence-electron chi connectivity index (χ4n) is 2.51. The normalized spacial score (nSPS) is 14.6. The SMILES string of the molecule is O=C(CNc1ccc(F)c(Cl)c1)N1CCN(c2ncccn2)CC1. The summed E-state index contributed by atoms with van der Waals surface area (Å²) in [5.74, 6) is 0.195. The van der Waals surface area contributed by atoms with Crippen molar-refractivity contribution < 1.29 is 9.18 Å². The van der Waals surface area contributed by atoms with Crippen LogP contribution < -0.4 is 10.2 Å². The number of halogens is 2. The summed E-state index contributed by atoms with van der Waals surface area (Å²) in [6.45, 7) is 2.76. The maximum Gasteiger partial charge on any atom is 0.241 e. The van der Waals surface area contributed by atoms with Crippen LogP contribution >= 0.6 is 11.6 Å². The molecule has 1 aromatic heterocycles. The molecule has 24 heavy (non-hydrogen) atoms. The van der Waals surface area contributed by atoms with Crippen LogP contribution in [0.15, 0.2) is 36.7 Å². The highest BCUT2D eigenvalue weighted by molar-refractivity contribution is 6.31. The van der Waals surface area contributed by atoms with Crippen molar-refractivity contribution in [3.05, 3.63) is 47.5 Å². The summed E-state index contributed by atoms with van der Waals surface area (Å²) in [5.41, 5.74) is 0.617. The maximum absolute atomic E-state index is 13.1. The van der Waals surface area contributed by atoms with E-state index in [0.29, 0.717) is 37.8 Å². The summed E-state index contributed by atoms with van der Waals surface area (Å²) in [5, 5.41) is 3.00. The minimum absolute atomic E-state index is 0.0101. The lowest BCUT2D eigenvalue weighted by Crippen LogP contribution is -2.50. The molecular formula is C16H17ClFN5O. The first-order valence-corrected chi connectivity index (χ1v) is 8.00. The molecule has 0 atom stereocenters. The van der Waals surface area contributed by atoms with Crippen LogP contribution in [0.1, 0.15) is 0 Å². The lowest BCUT2D eigenvalue weighted by molar-refractivity contribution is -0.129. The molecular weight excluding hydrogens is 333 g/mol. The highest BCUT2D eigenvalue weighted by Gasteiger charge is 2.22. The van der Waals surface area contributed by atoms with Crippen molar-refractivity contribution in [1.29, 1.82) is 0 Å². The van der Waals surface area contributed by atoms with Crippen LogP contribution in [0.3, 0.4) is 0 Å². The maximum atomic E-state index is 13.1. The Morgan fingerprint density at radius 1 is 1.21 bits per heavy atom. The van der Waals surface area contributed by atoms with E-state index in [-0.39, 0.29) is 17.5 Å². The van der Waals surface area contributed by atoms with E-state index in [1.165, 1.54) is 12.1 Å². The largest absolute Gasteiger partial charge is 0.376 e. The van der Waals surface area contributed by atoms with Crippen molar-refractivity contribution in [3.63, 3.8) is 0 Å². The van der Waals surface area contributed by atoms with Crippen LogP contribution in [-0.2, 0) is 4.79 Å². The third kappa shape index (κ3) is 3.91. The Hall–Kier alpha value is -2.41. The van der Waals surface area contributed by atoms with Crippen molar-refractivity contribution >= 4 is 29.1 Å². The molecule has 2 heterocycles. The third-order valence-electron chi connectivity index (χ3n) is 3.83. The molecule has 2 aromatic rings. The number of hydrogen-bond acceptors (Lipinski definition) is 5. The number of aromatic nitrogens is 2. The Bertz CT molecular complexity index is 707. The van der Waals surface area contributed by atoms with Gasteiger partial charge in [-0.25, -0.2) is 14.4 Å². The number of hydrogen-bond donors (Lipinski definition) is 1. The number of rotatable bonds is 4. The number of amides is 1. The van der Waals surface area contributed by atoms with Crippen molar-refractivity contribution in [1.82, 2.24) is 14.9 Å². The van der Waals surface area contributed by atoms with E-state index >= 15 is 0 Å². The van der Waals surface area contributed by atoms with Gasteiger partial charge in [0.2, 0.25) is 11.9 Å². The van der Waals surface area contributed by atoms with E-state index in [1.807, 2.05) is 0 Å². The number of carbonyl (C=O) groups is 1. The molecule has 1 aliphatic rings. The molecule has 6 nitrogen and oxygen atoms in total. The highest BCUT2D eigenvalue weighted by Crippen LogP contribution is 2.19. The standard InChI is InChI=1S/C16H17ClFN5O/c17-13-10-12(2-3-14(13)18)21-11-15(24)22-6-8-23(9-7-22)16-19-4-1-5-20-16/h1-5,10,21H,6-9,11H2. The smallest absolute Gasteiger partial charge is 0.241 e. The number of nitrogens with zero attached hydrogens (tertiary/aromatic N) is 4. The first kappa shape index (κ1) is 16.4. The van der Waals surface area contributed by atoms with E-state index in [0.717, 1.165) is 0 Å². The lowest BCUT2D eigenvalue weighted by Gasteiger charge is -2.34. The predicted molar refractivity (Wildman–Crippen MR) is 90.7 cm³/mol. The predicted octanol–water partition coefficient (Wildman–Crippen LogP) is 2.03. The number of nitrogens with one attached hydrogen (secondary N) is 1. The summed E-state index contributed by atoms with van der Waals surface area (Å²) in [6.07, 6.45) is 3.41. The second kappa shape index (κ2) is 7.44. The second-order valence-corrected chi connectivity index (χ2v) is 5.81. The van der Waals surface area contributed by atoms with Crippen LogP contribution in [-0.4, -0.2) is 53.5 Å². The molecule has 0 unspecified atom stereocenters. The zero-order chi connectivity index (χ0) is 16.9. The average molecular weight is 350 g/mol. The van der Waals surface area contributed by atoms with Gasteiger partial charge in [0.25, 0.3) is 0 Å². The Morgan fingerprint density at radius 2 is 1.92 bits per heavy atom. The van der Waals surface area contributed by atoms with E-state index in [1.54, 1.807) is 29.4 Å². The van der Waals surface area contributed by atoms with Crippen LogP contribution in [0.5, 0.6) is 0 Å². The fourth-order valence-corrected chi connectivity index (χ4v) is 2.69. The third-order valence-corrected chi connectivity index (χ3v) is 4.12. The molecule has 1 fully saturated rings. The molecule has 3 rings (SSSR count). The molecule has 1 aromatic carbocycles. The van der Waals surface area contributed by atoms with Crippen LogP contribution in [0.25, 0.3) is 0 Å². The van der Waals surface area contributed by atoms with Crippen molar-refractivity contribution in [2.24, 2.45) is 0 Å². The molecule has 126 valence electrons. The minimum Gasteiger partial charge on any atom is -0.376 e. The van der Waals surface area contributed by atoms with E-state index < -0.39 is 5.82 Å². The summed E-state index contributed by atoms with van der Waals surface area (Å²) in [7, 11) is 0. The average Bonchev–Trinajstić information content (AvgIpc) is 2.63. The number of carbonyl (C=O) groups excluding carboxylic acids is 1. The molecule has 1 aliphatic heterocycles. The molecule has 0 spiro atoms. The summed E-state index contributed by atoms with van der Waals surface area (Å²) < 4.78 is 13.1. The highest BCUT2D eigenvalue weighted by atomic mass is 35.5. The number of benzene rings is 1. The van der Waals surface area contributed by atoms with Gasteiger partial charge in [-0.1, -0.05) is 11.6 Å². The topological polar surface area (TPSA) is 61.4 Å². The van der Waals surface area contributed by atoms with Crippen molar-refractivity contribution in [2.45, 2.75) is 0 Å². The Labute approximate surface area is 144 Å². The summed E-state index contributed by atoms with van der Waals surface area (Å²) in [4.78, 5) is 24.6. The molecule has 1 saturated heterocycles. The van der Waals surface area contributed by atoms with Gasteiger partial charge >= 0.3 is 0 Å². The zero-order valence-electron chi connectivity index (χ0n) is 13.0. The van der Waals surface area contributed by atoms with E-state index in [9.17, 15) is 9.18 Å². The zero-order valence-corrected chi connectivity index (χ0v) is 13.7. The van der Waals surface area contributed by atoms with Crippen molar-refractivity contribution in [3.8, 4) is 0 Å². The fraction of sp³-hybridized carbons (Fsp3) is 0.312. The van der Waals surface area contributed by atoms with E-state index in [2.05, 4.69) is 20.2 Å². The van der Waals surface area contributed by atoms with Gasteiger partial charge in [0.15, 0.2) is 0 Å². The first-order chi connectivity index (χ1) is 11.6. The van der Waals surface area contributed by atoms with Crippen LogP contribution in [0.2, 0.25) is 5.02 Å². The minimum atomic E-state index is -0.479. The molecule has 0 aliphatic carbocycles. The Kier molecular flexibility index (Phi) is 5.10. The quantitative estimate of drug-likeness (QED) is 0.915. The molecule has 1 amide bonds. The van der Waals surface area contributed by atoms with Crippen LogP contribution in [0.4, 0.5) is 16.0 Å². The van der Waals surface area contributed by atoms with Gasteiger partial charge in [-0.2, -0.15) is 0 Å². The summed E-state index contributed by atoms with van der Waals surface area (Å²) in [6, 6.07) is 6.07. The van der Waals surface area contributed by atoms with Crippen LogP contribution in [0, 0.1) is 5.82 Å².